The van der Waals surface area contributed by atoms with E-state index in [1.54, 1.807) is 23.6 Å². The molecule has 1 aromatic heterocycles. The Balaban J connectivity index is 1.80. The van der Waals surface area contributed by atoms with E-state index < -0.39 is 21.7 Å². The number of methoxy groups -OCH3 is 1. The first kappa shape index (κ1) is 25.6. The number of carbonyl (C=O) groups is 2. The van der Waals surface area contributed by atoms with E-state index in [1.165, 1.54) is 30.6 Å². The van der Waals surface area contributed by atoms with Crippen LogP contribution in [0, 0.1) is 13.8 Å². The largest absolute Gasteiger partial charge is 0.497 e. The van der Waals surface area contributed by atoms with Crippen LogP contribution in [0.2, 0.25) is 0 Å². The van der Waals surface area contributed by atoms with Crippen molar-refractivity contribution >= 4 is 43.3 Å². The first-order valence-corrected chi connectivity index (χ1v) is 13.3. The maximum atomic E-state index is 12.6. The second-order valence-electron chi connectivity index (χ2n) is 7.81. The van der Waals surface area contributed by atoms with Crippen LogP contribution in [0.1, 0.15) is 30.9 Å². The van der Waals surface area contributed by atoms with Gasteiger partial charge < -0.3 is 14.0 Å². The number of benzene rings is 2. The maximum absolute atomic E-state index is 12.6. The summed E-state index contributed by atoms with van der Waals surface area (Å²) in [6.45, 7) is 5.86. The van der Waals surface area contributed by atoms with Crippen molar-refractivity contribution in [2.24, 2.45) is 4.99 Å². The molecular formula is C24H28N2O6S2. The zero-order valence-electron chi connectivity index (χ0n) is 19.7. The fraction of sp³-hybridized carbons (Fsp3) is 0.375. The van der Waals surface area contributed by atoms with Crippen molar-refractivity contribution in [2.45, 2.75) is 45.1 Å². The van der Waals surface area contributed by atoms with Gasteiger partial charge in [0.1, 0.15) is 12.3 Å². The summed E-state index contributed by atoms with van der Waals surface area (Å²) in [6.07, 6.45) is 0.110. The van der Waals surface area contributed by atoms with Gasteiger partial charge in [-0.1, -0.05) is 17.4 Å². The van der Waals surface area contributed by atoms with Crippen LogP contribution in [0.4, 0.5) is 0 Å². The molecule has 10 heteroatoms. The van der Waals surface area contributed by atoms with Crippen LogP contribution >= 0.6 is 11.3 Å². The van der Waals surface area contributed by atoms with E-state index in [9.17, 15) is 18.0 Å². The number of ether oxygens (including phenoxy) is 2. The van der Waals surface area contributed by atoms with E-state index in [0.29, 0.717) is 10.6 Å². The summed E-state index contributed by atoms with van der Waals surface area (Å²) in [5, 5.41) is 0. The number of aryl methyl sites for hydroxylation is 2. The van der Waals surface area contributed by atoms with Gasteiger partial charge in [-0.05, 0) is 68.7 Å². The van der Waals surface area contributed by atoms with Crippen LogP contribution in [0.25, 0.3) is 10.2 Å². The third kappa shape index (κ3) is 6.12. The Morgan fingerprint density at radius 1 is 1.12 bits per heavy atom. The number of hydrogen-bond donors (Lipinski definition) is 0. The normalized spacial score (nSPS) is 12.2. The standard InChI is InChI=1S/C24H28N2O6S2/c1-5-32-22(28)15-26-20-14-16(2)13-17(3)23(20)33-24(26)25-21(27)7-6-12-34(29,30)19-10-8-18(31-4)9-11-19/h8-11,13-14H,5-7,12,15H2,1-4H3. The minimum atomic E-state index is -3.53. The van der Waals surface area contributed by atoms with Gasteiger partial charge in [-0.25, -0.2) is 8.42 Å². The fourth-order valence-electron chi connectivity index (χ4n) is 3.56. The Labute approximate surface area is 202 Å². The molecule has 34 heavy (non-hydrogen) atoms. The zero-order chi connectivity index (χ0) is 24.9. The highest BCUT2D eigenvalue weighted by Gasteiger charge is 2.17. The molecule has 0 spiro atoms. The monoisotopic (exact) mass is 504 g/mol. The second kappa shape index (κ2) is 11.0. The van der Waals surface area contributed by atoms with Crippen LogP contribution in [-0.2, 0) is 30.7 Å². The van der Waals surface area contributed by atoms with E-state index in [2.05, 4.69) is 4.99 Å². The Morgan fingerprint density at radius 2 is 1.82 bits per heavy atom. The summed E-state index contributed by atoms with van der Waals surface area (Å²) >= 11 is 1.32. The molecule has 0 aliphatic carbocycles. The molecule has 0 radical (unpaired) electrons. The lowest BCUT2D eigenvalue weighted by Crippen LogP contribution is -2.23. The number of rotatable bonds is 9. The van der Waals surface area contributed by atoms with E-state index in [0.717, 1.165) is 21.3 Å². The summed E-state index contributed by atoms with van der Waals surface area (Å²) < 4.78 is 37.9. The topological polar surface area (TPSA) is 104 Å². The maximum Gasteiger partial charge on any atom is 0.326 e. The minimum absolute atomic E-state index is 0.0267. The molecule has 2 aromatic carbocycles. The summed E-state index contributed by atoms with van der Waals surface area (Å²) in [5.74, 6) is -0.462. The molecule has 8 nitrogen and oxygen atoms in total. The Bertz CT molecular complexity index is 1370. The van der Waals surface area contributed by atoms with Crippen molar-refractivity contribution in [1.29, 1.82) is 0 Å². The number of hydrogen-bond acceptors (Lipinski definition) is 7. The quantitative estimate of drug-likeness (QED) is 0.413. The van der Waals surface area contributed by atoms with Crippen molar-refractivity contribution < 1.29 is 27.5 Å². The van der Waals surface area contributed by atoms with Crippen LogP contribution in [0.5, 0.6) is 5.75 Å². The average molecular weight is 505 g/mol. The van der Waals surface area contributed by atoms with Gasteiger partial charge in [0.2, 0.25) is 5.91 Å². The highest BCUT2D eigenvalue weighted by molar-refractivity contribution is 7.91. The van der Waals surface area contributed by atoms with Crippen LogP contribution in [0.15, 0.2) is 46.3 Å². The minimum Gasteiger partial charge on any atom is -0.497 e. The fourth-order valence-corrected chi connectivity index (χ4v) is 5.97. The number of sulfone groups is 1. The van der Waals surface area contributed by atoms with E-state index in [1.807, 2.05) is 26.0 Å². The number of carbonyl (C=O) groups excluding carboxylic acids is 2. The number of esters is 1. The van der Waals surface area contributed by atoms with Gasteiger partial charge in [-0.3, -0.25) is 9.59 Å². The van der Waals surface area contributed by atoms with Crippen molar-refractivity contribution in [1.82, 2.24) is 4.57 Å². The molecule has 0 N–H and O–H groups in total. The van der Waals surface area contributed by atoms with Gasteiger partial charge >= 0.3 is 5.97 Å². The van der Waals surface area contributed by atoms with Crippen LogP contribution in [-0.4, -0.2) is 44.3 Å². The number of amides is 1. The van der Waals surface area contributed by atoms with Crippen LogP contribution in [0.3, 0.4) is 0 Å². The molecule has 0 fully saturated rings. The molecule has 0 atom stereocenters. The van der Waals surface area contributed by atoms with Gasteiger partial charge in [0.15, 0.2) is 14.6 Å². The first-order chi connectivity index (χ1) is 16.1. The Kier molecular flexibility index (Phi) is 8.27. The van der Waals surface area contributed by atoms with Gasteiger partial charge in [-0.15, -0.1) is 0 Å². The zero-order valence-corrected chi connectivity index (χ0v) is 21.3. The Hall–Kier alpha value is -2.98. The predicted octanol–water partition coefficient (Wildman–Crippen LogP) is 3.57. The lowest BCUT2D eigenvalue weighted by molar-refractivity contribution is -0.143. The SMILES string of the molecule is CCOC(=O)Cn1c(=NC(=O)CCCS(=O)(=O)c2ccc(OC)cc2)sc2c(C)cc(C)cc21. The molecule has 0 aliphatic rings. The Morgan fingerprint density at radius 3 is 2.47 bits per heavy atom. The molecular weight excluding hydrogens is 476 g/mol. The van der Waals surface area contributed by atoms with E-state index >= 15 is 0 Å². The molecule has 3 rings (SSSR count). The highest BCUT2D eigenvalue weighted by Crippen LogP contribution is 2.24. The number of fused-ring (bicyclic) bond motifs is 1. The molecule has 3 aromatic rings. The van der Waals surface area contributed by atoms with E-state index in [-0.39, 0.29) is 36.6 Å². The van der Waals surface area contributed by atoms with Crippen LogP contribution < -0.4 is 9.54 Å². The van der Waals surface area contributed by atoms with Crippen molar-refractivity contribution in [3.63, 3.8) is 0 Å². The van der Waals surface area contributed by atoms with Gasteiger partial charge in [0.25, 0.3) is 0 Å². The van der Waals surface area contributed by atoms with Crippen molar-refractivity contribution in [2.75, 3.05) is 19.5 Å². The molecule has 1 heterocycles. The number of thiazole rings is 1. The van der Waals surface area contributed by atoms with Gasteiger partial charge in [0.05, 0.1) is 34.6 Å². The molecule has 1 amide bonds. The summed E-state index contributed by atoms with van der Waals surface area (Å²) in [5.41, 5.74) is 2.86. The van der Waals surface area contributed by atoms with Gasteiger partial charge in [0, 0.05) is 6.42 Å². The number of nitrogens with zero attached hydrogens (tertiary/aromatic N) is 2. The molecule has 0 saturated carbocycles. The summed E-state index contributed by atoms with van der Waals surface area (Å²) in [6, 6.07) is 10.1. The lowest BCUT2D eigenvalue weighted by atomic mass is 10.1. The van der Waals surface area contributed by atoms with Crippen molar-refractivity contribution in [3.05, 3.63) is 52.3 Å². The molecule has 0 aliphatic heterocycles. The average Bonchev–Trinajstić information content (AvgIpc) is 3.11. The molecule has 0 saturated heterocycles. The smallest absolute Gasteiger partial charge is 0.326 e. The van der Waals surface area contributed by atoms with Gasteiger partial charge in [-0.2, -0.15) is 4.99 Å². The van der Waals surface area contributed by atoms with E-state index in [4.69, 9.17) is 9.47 Å². The van der Waals surface area contributed by atoms with Crippen molar-refractivity contribution in [3.8, 4) is 5.75 Å². The predicted molar refractivity (Wildman–Crippen MR) is 131 cm³/mol. The highest BCUT2D eigenvalue weighted by atomic mass is 32.2. The molecule has 182 valence electrons. The molecule has 0 unspecified atom stereocenters. The lowest BCUT2D eigenvalue weighted by Gasteiger charge is -2.06. The third-order valence-electron chi connectivity index (χ3n) is 5.15. The summed E-state index contributed by atoms with van der Waals surface area (Å²) in [4.78, 5) is 29.6. The summed E-state index contributed by atoms with van der Waals surface area (Å²) in [7, 11) is -2.02. The first-order valence-electron chi connectivity index (χ1n) is 10.8. The molecule has 0 bridgehead atoms. The second-order valence-corrected chi connectivity index (χ2v) is 10.9. The number of aromatic nitrogens is 1. The third-order valence-corrected chi connectivity index (χ3v) is 8.20.